The fourth-order valence-electron chi connectivity index (χ4n) is 1.80. The molecule has 1 aromatic heterocycles. The number of rotatable bonds is 3. The lowest BCUT2D eigenvalue weighted by Crippen LogP contribution is -2.21. The summed E-state index contributed by atoms with van der Waals surface area (Å²) in [6.07, 6.45) is 10.6. The van der Waals surface area contributed by atoms with Gasteiger partial charge in [-0.25, -0.2) is 9.97 Å². The van der Waals surface area contributed by atoms with E-state index in [1.165, 1.54) is 12.8 Å². The van der Waals surface area contributed by atoms with Gasteiger partial charge in [-0.3, -0.25) is 0 Å². The monoisotopic (exact) mass is 203 g/mol. The zero-order chi connectivity index (χ0) is 10.5. The van der Waals surface area contributed by atoms with Gasteiger partial charge in [0, 0.05) is 17.8 Å². The van der Waals surface area contributed by atoms with E-state index in [1.54, 1.807) is 6.33 Å². The van der Waals surface area contributed by atoms with Gasteiger partial charge in [-0.1, -0.05) is 19.1 Å². The van der Waals surface area contributed by atoms with Crippen molar-refractivity contribution < 1.29 is 0 Å². The number of nitrogens with one attached hydrogen (secondary N) is 1. The van der Waals surface area contributed by atoms with Gasteiger partial charge in [0.15, 0.2) is 0 Å². The van der Waals surface area contributed by atoms with Crippen LogP contribution in [0.15, 0.2) is 24.5 Å². The van der Waals surface area contributed by atoms with Crippen LogP contribution < -0.4 is 5.32 Å². The smallest absolute Gasteiger partial charge is 0.129 e. The highest BCUT2D eigenvalue weighted by Crippen LogP contribution is 2.15. The predicted molar refractivity (Wildman–Crippen MR) is 61.8 cm³/mol. The first-order valence-electron chi connectivity index (χ1n) is 5.61. The Hall–Kier alpha value is -1.38. The Balaban J connectivity index is 2.00. The van der Waals surface area contributed by atoms with Crippen molar-refractivity contribution in [2.45, 2.75) is 38.6 Å². The van der Waals surface area contributed by atoms with Gasteiger partial charge in [0.1, 0.15) is 12.1 Å². The number of aryl methyl sites for hydroxylation is 1. The summed E-state index contributed by atoms with van der Waals surface area (Å²) < 4.78 is 0. The Morgan fingerprint density at radius 3 is 3.07 bits per heavy atom. The highest BCUT2D eigenvalue weighted by atomic mass is 15.0. The summed E-state index contributed by atoms with van der Waals surface area (Å²) in [6, 6.07) is 2.58. The maximum absolute atomic E-state index is 4.24. The summed E-state index contributed by atoms with van der Waals surface area (Å²) >= 11 is 0. The van der Waals surface area contributed by atoms with Gasteiger partial charge in [-0.15, -0.1) is 0 Å². The lowest BCUT2D eigenvalue weighted by molar-refractivity contribution is 0.641. The maximum Gasteiger partial charge on any atom is 0.129 e. The first-order valence-corrected chi connectivity index (χ1v) is 5.61. The van der Waals surface area contributed by atoms with Crippen molar-refractivity contribution in [3.05, 3.63) is 30.2 Å². The molecule has 0 radical (unpaired) electrons. The van der Waals surface area contributed by atoms with E-state index in [1.807, 2.05) is 6.07 Å². The maximum atomic E-state index is 4.24. The van der Waals surface area contributed by atoms with Crippen molar-refractivity contribution in [2.24, 2.45) is 0 Å². The van der Waals surface area contributed by atoms with E-state index in [0.717, 1.165) is 24.4 Å². The summed E-state index contributed by atoms with van der Waals surface area (Å²) in [7, 11) is 0. The van der Waals surface area contributed by atoms with Crippen LogP contribution in [0.25, 0.3) is 0 Å². The summed E-state index contributed by atoms with van der Waals surface area (Å²) in [6.45, 7) is 2.11. The number of allylic oxidation sites excluding steroid dienone is 1. The first-order chi connectivity index (χ1) is 7.38. The Labute approximate surface area is 90.6 Å². The van der Waals surface area contributed by atoms with Gasteiger partial charge < -0.3 is 5.32 Å². The third-order valence-electron chi connectivity index (χ3n) is 2.71. The first kappa shape index (κ1) is 10.1. The van der Waals surface area contributed by atoms with Gasteiger partial charge >= 0.3 is 0 Å². The minimum Gasteiger partial charge on any atom is -0.367 e. The van der Waals surface area contributed by atoms with Crippen LogP contribution in [0.2, 0.25) is 0 Å². The van der Waals surface area contributed by atoms with Crippen molar-refractivity contribution in [2.75, 3.05) is 5.32 Å². The predicted octanol–water partition coefficient (Wildman–Crippen LogP) is 2.56. The number of anilines is 1. The molecule has 1 aliphatic rings. The Bertz CT molecular complexity index is 346. The molecule has 0 spiro atoms. The molecule has 0 aromatic carbocycles. The van der Waals surface area contributed by atoms with Gasteiger partial charge in [0.25, 0.3) is 0 Å². The summed E-state index contributed by atoms with van der Waals surface area (Å²) in [5.41, 5.74) is 1.10. The zero-order valence-corrected chi connectivity index (χ0v) is 9.11. The normalized spacial score (nSPS) is 20.2. The summed E-state index contributed by atoms with van der Waals surface area (Å²) in [4.78, 5) is 8.42. The molecule has 1 N–H and O–H groups in total. The van der Waals surface area contributed by atoms with Crippen LogP contribution in [-0.2, 0) is 6.42 Å². The van der Waals surface area contributed by atoms with Crippen LogP contribution in [-0.4, -0.2) is 16.0 Å². The van der Waals surface area contributed by atoms with Crippen LogP contribution in [0.5, 0.6) is 0 Å². The Kier molecular flexibility index (Phi) is 3.33. The van der Waals surface area contributed by atoms with Crippen molar-refractivity contribution in [1.82, 2.24) is 9.97 Å². The highest BCUT2D eigenvalue weighted by Gasteiger charge is 2.09. The van der Waals surface area contributed by atoms with Crippen LogP contribution in [0.1, 0.15) is 31.9 Å². The molecule has 1 atom stereocenters. The lowest BCUT2D eigenvalue weighted by Gasteiger charge is -2.19. The van der Waals surface area contributed by atoms with E-state index < -0.39 is 0 Å². The zero-order valence-electron chi connectivity index (χ0n) is 9.11. The molecule has 0 saturated heterocycles. The van der Waals surface area contributed by atoms with E-state index in [-0.39, 0.29) is 0 Å². The van der Waals surface area contributed by atoms with Crippen LogP contribution in [0.4, 0.5) is 5.82 Å². The molecule has 2 rings (SSSR count). The largest absolute Gasteiger partial charge is 0.367 e. The molecule has 3 heteroatoms. The van der Waals surface area contributed by atoms with Gasteiger partial charge in [0.05, 0.1) is 0 Å². The standard InChI is InChI=1S/C12H17N3/c1-2-10-8-12(14-9-13-10)15-11-6-4-3-5-7-11/h3-4,8-9,11H,2,5-7H2,1H3,(H,13,14,15). The van der Waals surface area contributed by atoms with Crippen LogP contribution in [0.3, 0.4) is 0 Å². The van der Waals surface area contributed by atoms with E-state index >= 15 is 0 Å². The molecular weight excluding hydrogens is 186 g/mol. The molecule has 1 heterocycles. The van der Waals surface area contributed by atoms with E-state index in [9.17, 15) is 0 Å². The molecule has 0 amide bonds. The second-order valence-electron chi connectivity index (χ2n) is 3.87. The van der Waals surface area contributed by atoms with Gasteiger partial charge in [-0.2, -0.15) is 0 Å². The third kappa shape index (κ3) is 2.78. The van der Waals surface area contributed by atoms with E-state index in [4.69, 9.17) is 0 Å². The molecule has 1 aliphatic carbocycles. The molecule has 80 valence electrons. The number of hydrogen-bond acceptors (Lipinski definition) is 3. The van der Waals surface area contributed by atoms with Crippen molar-refractivity contribution in [1.29, 1.82) is 0 Å². The summed E-state index contributed by atoms with van der Waals surface area (Å²) in [5, 5.41) is 3.45. The van der Waals surface area contributed by atoms with E-state index in [0.29, 0.717) is 6.04 Å². The molecular formula is C12H17N3. The van der Waals surface area contributed by atoms with Crippen molar-refractivity contribution in [3.63, 3.8) is 0 Å². The number of aromatic nitrogens is 2. The Morgan fingerprint density at radius 1 is 1.40 bits per heavy atom. The summed E-state index contributed by atoms with van der Waals surface area (Å²) in [5.74, 6) is 0.960. The van der Waals surface area contributed by atoms with Gasteiger partial charge in [0.2, 0.25) is 0 Å². The topological polar surface area (TPSA) is 37.8 Å². The molecule has 0 fully saturated rings. The lowest BCUT2D eigenvalue weighted by atomic mass is 10.0. The fraction of sp³-hybridized carbons (Fsp3) is 0.500. The number of nitrogens with zero attached hydrogens (tertiary/aromatic N) is 2. The fourth-order valence-corrected chi connectivity index (χ4v) is 1.80. The number of hydrogen-bond donors (Lipinski definition) is 1. The SMILES string of the molecule is CCc1cc(NC2CC=CCC2)ncn1. The second kappa shape index (κ2) is 4.91. The minimum atomic E-state index is 0.537. The molecule has 0 bridgehead atoms. The average molecular weight is 203 g/mol. The minimum absolute atomic E-state index is 0.537. The highest BCUT2D eigenvalue weighted by molar-refractivity contribution is 5.36. The van der Waals surface area contributed by atoms with Crippen LogP contribution >= 0.6 is 0 Å². The molecule has 0 saturated carbocycles. The quantitative estimate of drug-likeness (QED) is 0.767. The average Bonchev–Trinajstić information content (AvgIpc) is 2.31. The van der Waals surface area contributed by atoms with E-state index in [2.05, 4.69) is 34.4 Å². The molecule has 15 heavy (non-hydrogen) atoms. The molecule has 1 aromatic rings. The molecule has 1 unspecified atom stereocenters. The van der Waals surface area contributed by atoms with Crippen LogP contribution in [0, 0.1) is 0 Å². The van der Waals surface area contributed by atoms with Crippen molar-refractivity contribution in [3.8, 4) is 0 Å². The van der Waals surface area contributed by atoms with Gasteiger partial charge in [-0.05, 0) is 25.7 Å². The third-order valence-corrected chi connectivity index (χ3v) is 2.71. The Morgan fingerprint density at radius 2 is 2.33 bits per heavy atom. The molecule has 3 nitrogen and oxygen atoms in total. The van der Waals surface area contributed by atoms with Crippen molar-refractivity contribution >= 4 is 5.82 Å². The second-order valence-corrected chi connectivity index (χ2v) is 3.87. The molecule has 0 aliphatic heterocycles.